The second-order valence-electron chi connectivity index (χ2n) is 6.70. The van der Waals surface area contributed by atoms with Crippen LogP contribution in [0.15, 0.2) is 0 Å². The third-order valence-electron chi connectivity index (χ3n) is 4.10. The number of nitrogens with one attached hydrogen (secondary N) is 1. The summed E-state index contributed by atoms with van der Waals surface area (Å²) in [5.74, 6) is -0.279. The molecule has 1 fully saturated rings. The molecule has 122 valence electrons. The van der Waals surface area contributed by atoms with Crippen LogP contribution in [0, 0.1) is 11.8 Å². The lowest BCUT2D eigenvalue weighted by Gasteiger charge is -2.30. The van der Waals surface area contributed by atoms with Crippen molar-refractivity contribution in [1.82, 2.24) is 10.2 Å². The summed E-state index contributed by atoms with van der Waals surface area (Å²) in [6, 6.07) is 0.332. The van der Waals surface area contributed by atoms with Crippen molar-refractivity contribution in [3.8, 4) is 0 Å². The molecule has 1 rings (SSSR count). The van der Waals surface area contributed by atoms with E-state index in [1.165, 1.54) is 12.8 Å². The fraction of sp³-hybridized carbons (Fsp3) is 0.875. The minimum absolute atomic E-state index is 0.0280. The molecule has 0 radical (unpaired) electrons. The van der Waals surface area contributed by atoms with Crippen molar-refractivity contribution in [3.05, 3.63) is 0 Å². The van der Waals surface area contributed by atoms with E-state index in [1.807, 2.05) is 11.8 Å². The van der Waals surface area contributed by atoms with Crippen molar-refractivity contribution in [1.29, 1.82) is 0 Å². The maximum Gasteiger partial charge on any atom is 0.317 e. The number of nitrogens with zero attached hydrogens (tertiary/aromatic N) is 1. The molecule has 1 saturated carbocycles. The number of aliphatic carboxylic acids is 1. The zero-order valence-corrected chi connectivity index (χ0v) is 13.6. The van der Waals surface area contributed by atoms with E-state index in [1.54, 1.807) is 0 Å². The number of carbonyl (C=O) groups is 2. The number of carboxylic acids is 1. The fourth-order valence-corrected chi connectivity index (χ4v) is 2.80. The summed E-state index contributed by atoms with van der Waals surface area (Å²) >= 11 is 0. The number of rotatable bonds is 8. The Balaban J connectivity index is 2.47. The maximum absolute atomic E-state index is 12.4. The average Bonchev–Trinajstić information content (AvgIpc) is 2.89. The molecule has 0 aromatic rings. The molecule has 2 N–H and O–H groups in total. The quantitative estimate of drug-likeness (QED) is 0.723. The molecule has 1 unspecified atom stereocenters. The second kappa shape index (κ2) is 8.90. The zero-order chi connectivity index (χ0) is 15.8. The molecular formula is C16H30N2O3. The van der Waals surface area contributed by atoms with Gasteiger partial charge in [0.2, 0.25) is 0 Å². The van der Waals surface area contributed by atoms with Crippen molar-refractivity contribution in [2.24, 2.45) is 11.8 Å². The van der Waals surface area contributed by atoms with Crippen LogP contribution in [0.25, 0.3) is 0 Å². The standard InChI is InChI=1S/C16H30N2O3/c1-12(2)8-9-18(14-6-4-5-7-14)16(21)17-11-13(3)10-15(19)20/h12-14H,4-11H2,1-3H3,(H,17,21)(H,19,20). The molecule has 0 bridgehead atoms. The molecule has 0 aromatic heterocycles. The Morgan fingerprint density at radius 3 is 2.38 bits per heavy atom. The number of hydrogen-bond donors (Lipinski definition) is 2. The van der Waals surface area contributed by atoms with E-state index in [0.29, 0.717) is 18.5 Å². The highest BCUT2D eigenvalue weighted by Gasteiger charge is 2.26. The van der Waals surface area contributed by atoms with E-state index in [9.17, 15) is 9.59 Å². The minimum atomic E-state index is -0.816. The Bertz CT molecular complexity index is 338. The van der Waals surface area contributed by atoms with Crippen LogP contribution in [0.1, 0.15) is 59.3 Å². The fourth-order valence-electron chi connectivity index (χ4n) is 2.80. The highest BCUT2D eigenvalue weighted by molar-refractivity contribution is 5.74. The van der Waals surface area contributed by atoms with Gasteiger partial charge in [-0.3, -0.25) is 4.79 Å². The van der Waals surface area contributed by atoms with Crippen LogP contribution in [0.5, 0.6) is 0 Å². The summed E-state index contributed by atoms with van der Waals surface area (Å²) in [4.78, 5) is 25.0. The van der Waals surface area contributed by atoms with Gasteiger partial charge in [0.25, 0.3) is 0 Å². The van der Waals surface area contributed by atoms with Crippen molar-refractivity contribution in [3.63, 3.8) is 0 Å². The van der Waals surface area contributed by atoms with Gasteiger partial charge in [0, 0.05) is 25.6 Å². The van der Waals surface area contributed by atoms with Crippen LogP contribution in [0.4, 0.5) is 4.79 Å². The van der Waals surface area contributed by atoms with Gasteiger partial charge in [-0.1, -0.05) is 33.6 Å². The molecule has 5 nitrogen and oxygen atoms in total. The van der Waals surface area contributed by atoms with Gasteiger partial charge in [-0.15, -0.1) is 0 Å². The first-order valence-electron chi connectivity index (χ1n) is 8.16. The predicted octanol–water partition coefficient (Wildman–Crippen LogP) is 3.10. The molecular weight excluding hydrogens is 268 g/mol. The number of hydrogen-bond acceptors (Lipinski definition) is 2. The number of carboxylic acid groups (broad SMARTS) is 1. The number of amides is 2. The molecule has 0 aromatic carbocycles. The number of carbonyl (C=O) groups excluding carboxylic acids is 1. The van der Waals surface area contributed by atoms with Gasteiger partial charge in [-0.05, 0) is 31.1 Å². The molecule has 0 spiro atoms. The summed E-state index contributed by atoms with van der Waals surface area (Å²) in [6.07, 6.45) is 5.69. The van der Waals surface area contributed by atoms with Crippen LogP contribution in [-0.2, 0) is 4.79 Å². The first-order valence-corrected chi connectivity index (χ1v) is 8.16. The Labute approximate surface area is 128 Å². The largest absolute Gasteiger partial charge is 0.481 e. The molecule has 1 aliphatic rings. The maximum atomic E-state index is 12.4. The van der Waals surface area contributed by atoms with Crippen molar-refractivity contribution < 1.29 is 14.7 Å². The lowest BCUT2D eigenvalue weighted by Crippen LogP contribution is -2.47. The summed E-state index contributed by atoms with van der Waals surface area (Å²) in [7, 11) is 0. The second-order valence-corrected chi connectivity index (χ2v) is 6.70. The van der Waals surface area contributed by atoms with Gasteiger partial charge in [0.15, 0.2) is 0 Å². The SMILES string of the molecule is CC(C)CCN(C(=O)NCC(C)CC(=O)O)C1CCCC1. The Kier molecular flexibility index (Phi) is 7.54. The van der Waals surface area contributed by atoms with Gasteiger partial charge in [0.05, 0.1) is 0 Å². The molecule has 1 aliphatic carbocycles. The van der Waals surface area contributed by atoms with E-state index < -0.39 is 5.97 Å². The Hall–Kier alpha value is -1.26. The van der Waals surface area contributed by atoms with Crippen LogP contribution in [-0.4, -0.2) is 41.1 Å². The van der Waals surface area contributed by atoms with Crippen molar-refractivity contribution in [2.75, 3.05) is 13.1 Å². The van der Waals surface area contributed by atoms with E-state index in [4.69, 9.17) is 5.11 Å². The van der Waals surface area contributed by atoms with Gasteiger partial charge in [-0.25, -0.2) is 4.79 Å². The van der Waals surface area contributed by atoms with E-state index in [2.05, 4.69) is 19.2 Å². The van der Waals surface area contributed by atoms with Gasteiger partial charge >= 0.3 is 12.0 Å². The summed E-state index contributed by atoms with van der Waals surface area (Å²) < 4.78 is 0. The van der Waals surface area contributed by atoms with E-state index >= 15 is 0 Å². The molecule has 0 aliphatic heterocycles. The van der Waals surface area contributed by atoms with Crippen LogP contribution >= 0.6 is 0 Å². The van der Waals surface area contributed by atoms with E-state index in [0.717, 1.165) is 25.8 Å². The summed E-state index contributed by atoms with van der Waals surface area (Å²) in [5.41, 5.74) is 0. The minimum Gasteiger partial charge on any atom is -0.481 e. The predicted molar refractivity (Wildman–Crippen MR) is 83.2 cm³/mol. The highest BCUT2D eigenvalue weighted by atomic mass is 16.4. The van der Waals surface area contributed by atoms with Gasteiger partial charge < -0.3 is 15.3 Å². The third kappa shape index (κ3) is 6.82. The van der Waals surface area contributed by atoms with Crippen molar-refractivity contribution >= 4 is 12.0 Å². The first-order chi connectivity index (χ1) is 9.90. The summed E-state index contributed by atoms with van der Waals surface area (Å²) in [6.45, 7) is 7.40. The third-order valence-corrected chi connectivity index (χ3v) is 4.10. The smallest absolute Gasteiger partial charge is 0.317 e. The molecule has 21 heavy (non-hydrogen) atoms. The molecule has 0 saturated heterocycles. The van der Waals surface area contributed by atoms with Crippen molar-refractivity contribution in [2.45, 2.75) is 65.3 Å². The van der Waals surface area contributed by atoms with E-state index in [-0.39, 0.29) is 18.4 Å². The number of urea groups is 1. The zero-order valence-electron chi connectivity index (χ0n) is 13.6. The van der Waals surface area contributed by atoms with Crippen LogP contribution < -0.4 is 5.32 Å². The molecule has 0 heterocycles. The lowest BCUT2D eigenvalue weighted by molar-refractivity contribution is -0.137. The topological polar surface area (TPSA) is 69.6 Å². The summed E-state index contributed by atoms with van der Waals surface area (Å²) in [5, 5.41) is 11.7. The average molecular weight is 298 g/mol. The Morgan fingerprint density at radius 2 is 1.86 bits per heavy atom. The monoisotopic (exact) mass is 298 g/mol. The first kappa shape index (κ1) is 17.8. The molecule has 2 amide bonds. The lowest BCUT2D eigenvalue weighted by atomic mass is 10.1. The van der Waals surface area contributed by atoms with Crippen LogP contribution in [0.2, 0.25) is 0 Å². The highest BCUT2D eigenvalue weighted by Crippen LogP contribution is 2.24. The van der Waals surface area contributed by atoms with Crippen LogP contribution in [0.3, 0.4) is 0 Å². The van der Waals surface area contributed by atoms with Gasteiger partial charge in [-0.2, -0.15) is 0 Å². The molecule has 1 atom stereocenters. The molecule has 5 heteroatoms. The van der Waals surface area contributed by atoms with Gasteiger partial charge in [0.1, 0.15) is 0 Å². The Morgan fingerprint density at radius 1 is 1.24 bits per heavy atom. The normalized spacial score (nSPS) is 17.0.